The van der Waals surface area contributed by atoms with Gasteiger partial charge in [-0.05, 0) is 24.3 Å². The Morgan fingerprint density at radius 3 is 2.52 bits per heavy atom. The van der Waals surface area contributed by atoms with E-state index < -0.39 is 53.6 Å². The van der Waals surface area contributed by atoms with Crippen LogP contribution in [0.25, 0.3) is 0 Å². The number of benzene rings is 1. The molecule has 12 nitrogen and oxygen atoms in total. The van der Waals surface area contributed by atoms with E-state index in [2.05, 4.69) is 10.2 Å². The number of fused-ring (bicyclic) bond motifs is 2. The number of allylic oxidation sites excluding steroid dienone is 1. The fraction of sp³-hybridized carbons (Fsp3) is 0.611. The van der Waals surface area contributed by atoms with Gasteiger partial charge >= 0.3 is 5.97 Å². The molecule has 2 N–H and O–H groups in total. The number of hydrogen-bond donors (Lipinski definition) is 2. The molecule has 1 spiro atoms. The van der Waals surface area contributed by atoms with Crippen molar-refractivity contribution in [2.24, 2.45) is 17.8 Å². The van der Waals surface area contributed by atoms with E-state index in [1.807, 2.05) is 56.3 Å². The van der Waals surface area contributed by atoms with Crippen molar-refractivity contribution in [3.8, 4) is 0 Å². The zero-order valence-corrected chi connectivity index (χ0v) is 27.9. The Labute approximate surface area is 282 Å². The van der Waals surface area contributed by atoms with E-state index in [0.29, 0.717) is 44.7 Å². The smallest absolute Gasteiger partial charge is 0.313 e. The van der Waals surface area contributed by atoms with E-state index in [1.165, 1.54) is 4.90 Å². The van der Waals surface area contributed by atoms with Gasteiger partial charge in [0.1, 0.15) is 23.7 Å². The molecule has 5 heterocycles. The first-order chi connectivity index (χ1) is 23.2. The van der Waals surface area contributed by atoms with Crippen LogP contribution in [0.5, 0.6) is 0 Å². The molecule has 0 aliphatic carbocycles. The highest BCUT2D eigenvalue weighted by atomic mass is 16.6. The van der Waals surface area contributed by atoms with Gasteiger partial charge in [-0.2, -0.15) is 0 Å². The third-order valence-corrected chi connectivity index (χ3v) is 10.2. The summed E-state index contributed by atoms with van der Waals surface area (Å²) in [6.45, 7) is 7.81. The minimum absolute atomic E-state index is 0.0691. The molecule has 0 unspecified atom stereocenters. The summed E-state index contributed by atoms with van der Waals surface area (Å²) in [6, 6.07) is 7.46. The number of hydrogen-bond acceptors (Lipinski definition) is 9. The Balaban J connectivity index is 1.39. The molecule has 6 rings (SSSR count). The molecule has 5 aliphatic rings. The normalized spacial score (nSPS) is 32.8. The van der Waals surface area contributed by atoms with Crippen molar-refractivity contribution in [1.82, 2.24) is 20.0 Å². The highest BCUT2D eigenvalue weighted by Crippen LogP contribution is 2.56. The van der Waals surface area contributed by atoms with Crippen molar-refractivity contribution < 1.29 is 38.5 Å². The van der Waals surface area contributed by atoms with Crippen LogP contribution in [0.4, 0.5) is 0 Å². The van der Waals surface area contributed by atoms with Crippen LogP contribution < -0.4 is 5.32 Å². The van der Waals surface area contributed by atoms with Crippen LogP contribution >= 0.6 is 0 Å². The Morgan fingerprint density at radius 2 is 1.79 bits per heavy atom. The number of nitrogens with zero attached hydrogens (tertiary/aromatic N) is 3. The number of likely N-dealkylation sites (tertiary alicyclic amines) is 1. The summed E-state index contributed by atoms with van der Waals surface area (Å²) < 4.78 is 18.2. The van der Waals surface area contributed by atoms with Gasteiger partial charge < -0.3 is 34.4 Å². The molecular weight excluding hydrogens is 616 g/mol. The molecule has 260 valence electrons. The topological polar surface area (TPSA) is 138 Å². The van der Waals surface area contributed by atoms with Gasteiger partial charge in [0.15, 0.2) is 0 Å². The Hall–Kier alpha value is -3.58. The van der Waals surface area contributed by atoms with Gasteiger partial charge in [0.05, 0.1) is 44.4 Å². The second-order valence-electron chi connectivity index (χ2n) is 13.8. The zero-order valence-electron chi connectivity index (χ0n) is 27.9. The number of morpholine rings is 1. The number of aliphatic hydroxyl groups excluding tert-OH is 1. The first-order valence-corrected chi connectivity index (χ1v) is 17.3. The van der Waals surface area contributed by atoms with E-state index in [4.69, 9.17) is 14.2 Å². The van der Waals surface area contributed by atoms with Crippen LogP contribution in [0, 0.1) is 17.8 Å². The van der Waals surface area contributed by atoms with Gasteiger partial charge in [0.2, 0.25) is 17.7 Å². The number of carbonyl (C=O) groups is 4. The van der Waals surface area contributed by atoms with Gasteiger partial charge in [0, 0.05) is 39.1 Å². The van der Waals surface area contributed by atoms with Crippen molar-refractivity contribution >= 4 is 23.7 Å². The summed E-state index contributed by atoms with van der Waals surface area (Å²) in [7, 11) is 0. The molecule has 0 saturated carbocycles. The maximum Gasteiger partial charge on any atom is 0.313 e. The average Bonchev–Trinajstić information content (AvgIpc) is 3.74. The number of cyclic esters (lactones) is 1. The number of nitrogens with one attached hydrogen (secondary N) is 1. The summed E-state index contributed by atoms with van der Waals surface area (Å²) in [5.41, 5.74) is -0.683. The van der Waals surface area contributed by atoms with Crippen molar-refractivity contribution in [2.75, 3.05) is 59.1 Å². The van der Waals surface area contributed by atoms with Crippen molar-refractivity contribution in [1.29, 1.82) is 0 Å². The van der Waals surface area contributed by atoms with Gasteiger partial charge in [0.25, 0.3) is 0 Å². The number of esters is 1. The molecule has 3 amide bonds. The minimum atomic E-state index is -1.39. The van der Waals surface area contributed by atoms with E-state index in [9.17, 15) is 24.3 Å². The predicted molar refractivity (Wildman–Crippen MR) is 175 cm³/mol. The molecule has 0 aromatic heterocycles. The molecule has 0 radical (unpaired) electrons. The maximum atomic E-state index is 14.9. The van der Waals surface area contributed by atoms with Crippen LogP contribution in [-0.2, 0) is 33.4 Å². The molecule has 1 aromatic carbocycles. The lowest BCUT2D eigenvalue weighted by atomic mass is 9.74. The molecule has 3 fully saturated rings. The second-order valence-corrected chi connectivity index (χ2v) is 13.8. The Kier molecular flexibility index (Phi) is 10.6. The molecule has 1 aromatic rings. The van der Waals surface area contributed by atoms with E-state index >= 15 is 0 Å². The molecule has 12 heteroatoms. The predicted octanol–water partition coefficient (Wildman–Crippen LogP) is 1.46. The highest BCUT2D eigenvalue weighted by Gasteiger charge is 2.74. The summed E-state index contributed by atoms with van der Waals surface area (Å²) in [6.07, 6.45) is 6.96. The number of aliphatic hydroxyl groups is 1. The second kappa shape index (κ2) is 14.9. The number of carbonyl (C=O) groups excluding carboxylic acids is 4. The molecular formula is C36H48N4O8. The summed E-state index contributed by atoms with van der Waals surface area (Å²) >= 11 is 0. The number of ether oxygens (including phenoxy) is 3. The van der Waals surface area contributed by atoms with Gasteiger partial charge in [-0.25, -0.2) is 0 Å². The molecule has 7 atom stereocenters. The summed E-state index contributed by atoms with van der Waals surface area (Å²) in [5, 5.41) is 13.5. The maximum absolute atomic E-state index is 14.9. The van der Waals surface area contributed by atoms with Crippen LogP contribution in [0.2, 0.25) is 0 Å². The summed E-state index contributed by atoms with van der Waals surface area (Å²) in [4.78, 5) is 62.0. The van der Waals surface area contributed by atoms with E-state index in [1.54, 1.807) is 17.1 Å². The standard InChI is InChI=1S/C36H48N4O8/c1-24(2)21-26(23-41)40-32-34(44)39(16-15-38-17-19-46-20-18-38)14-8-4-7-11-29(42)37-22-28(25-9-5-3-6-10-25)47-35(45)30-27-12-13-36(32,48-27)31(30)33(40)43/h3-6,8-10,12-13,24,26-28,30-32,41H,7,11,14-23H2,1-2H3,(H,37,42)/b8-4-/t26-,27-,28-,30+,31+,32-,36+/m1/s1. The first kappa shape index (κ1) is 34.3. The number of amides is 3. The lowest BCUT2D eigenvalue weighted by Crippen LogP contribution is -2.59. The quantitative estimate of drug-likeness (QED) is 0.313. The average molecular weight is 665 g/mol. The lowest BCUT2D eigenvalue weighted by Gasteiger charge is -2.39. The molecule has 5 bridgehead atoms. The fourth-order valence-corrected chi connectivity index (χ4v) is 7.86. The van der Waals surface area contributed by atoms with Crippen molar-refractivity contribution in [2.45, 2.75) is 63.0 Å². The van der Waals surface area contributed by atoms with Crippen LogP contribution in [0.15, 0.2) is 54.6 Å². The van der Waals surface area contributed by atoms with Crippen LogP contribution in [0.1, 0.15) is 44.8 Å². The summed E-state index contributed by atoms with van der Waals surface area (Å²) in [5.74, 6) is -3.37. The van der Waals surface area contributed by atoms with E-state index in [-0.39, 0.29) is 43.8 Å². The largest absolute Gasteiger partial charge is 0.455 e. The monoisotopic (exact) mass is 664 g/mol. The van der Waals surface area contributed by atoms with Gasteiger partial charge in [-0.3, -0.25) is 24.1 Å². The number of rotatable bonds is 8. The third-order valence-electron chi connectivity index (χ3n) is 10.2. The fourth-order valence-electron chi connectivity index (χ4n) is 7.86. The van der Waals surface area contributed by atoms with E-state index in [0.717, 1.165) is 13.1 Å². The third kappa shape index (κ3) is 6.80. The Bertz CT molecular complexity index is 1400. The Morgan fingerprint density at radius 1 is 1.02 bits per heavy atom. The first-order valence-electron chi connectivity index (χ1n) is 17.3. The molecule has 5 aliphatic heterocycles. The molecule has 3 saturated heterocycles. The highest BCUT2D eigenvalue weighted by molar-refractivity contribution is 5.99. The SMILES string of the molecule is CC(C)C[C@H](CO)N1C(=O)[C@@H]2[C@H]3C(=O)O[C@@H](c4ccccc4)CNC(=O)CC/C=C\CN(CCN4CCOCC4)C(=O)[C@@H]1[C@]21C=C[C@H]3O1. The van der Waals surface area contributed by atoms with Crippen LogP contribution in [0.3, 0.4) is 0 Å². The van der Waals surface area contributed by atoms with Gasteiger partial charge in [-0.15, -0.1) is 0 Å². The lowest BCUT2D eigenvalue weighted by molar-refractivity contribution is -0.160. The van der Waals surface area contributed by atoms with Crippen LogP contribution in [-0.4, -0.2) is 126 Å². The van der Waals surface area contributed by atoms with Crippen molar-refractivity contribution in [3.63, 3.8) is 0 Å². The molecule has 48 heavy (non-hydrogen) atoms. The zero-order chi connectivity index (χ0) is 33.8. The minimum Gasteiger partial charge on any atom is -0.455 e. The van der Waals surface area contributed by atoms with Gasteiger partial charge in [-0.1, -0.05) is 68.5 Å². The van der Waals surface area contributed by atoms with Crippen molar-refractivity contribution in [3.05, 3.63) is 60.2 Å².